The Kier molecular flexibility index (Phi) is 3.51. The third-order valence-corrected chi connectivity index (χ3v) is 3.14. The number of hydrogen-bond acceptors (Lipinski definition) is 4. The maximum Gasteiger partial charge on any atom is 0.272 e. The van der Waals surface area contributed by atoms with Crippen molar-refractivity contribution in [3.63, 3.8) is 0 Å². The van der Waals surface area contributed by atoms with Gasteiger partial charge in [-0.05, 0) is 32.9 Å². The van der Waals surface area contributed by atoms with E-state index in [1.54, 1.807) is 6.92 Å². The van der Waals surface area contributed by atoms with Crippen LogP contribution in [0.5, 0.6) is 0 Å². The van der Waals surface area contributed by atoms with Crippen LogP contribution in [0.3, 0.4) is 0 Å². The molecule has 0 unspecified atom stereocenters. The summed E-state index contributed by atoms with van der Waals surface area (Å²) in [5.74, 6) is 0.112. The number of nitro benzene ring substituents is 1. The molecule has 2 rings (SSSR count). The van der Waals surface area contributed by atoms with Crippen molar-refractivity contribution in [1.29, 1.82) is 0 Å². The zero-order valence-electron chi connectivity index (χ0n) is 11.4. The molecule has 0 bridgehead atoms. The van der Waals surface area contributed by atoms with Gasteiger partial charge in [0.15, 0.2) is 5.82 Å². The first kappa shape index (κ1) is 13.7. The molecule has 2 aromatic rings. The second-order valence-electron chi connectivity index (χ2n) is 4.53. The Morgan fingerprint density at radius 2 is 2.05 bits per heavy atom. The molecule has 7 heteroatoms. The summed E-state index contributed by atoms with van der Waals surface area (Å²) in [6.45, 7) is 5.29. The number of aromatic amines is 1. The summed E-state index contributed by atoms with van der Waals surface area (Å²) in [5, 5.41) is 20.2. The largest absolute Gasteiger partial charge is 0.305 e. The lowest BCUT2D eigenvalue weighted by molar-refractivity contribution is -0.385. The molecule has 2 N–H and O–H groups in total. The van der Waals surface area contributed by atoms with E-state index in [2.05, 4.69) is 15.5 Å². The first-order valence-corrected chi connectivity index (χ1v) is 5.98. The molecule has 0 saturated carbocycles. The average molecular weight is 274 g/mol. The maximum atomic E-state index is 12.1. The van der Waals surface area contributed by atoms with E-state index in [9.17, 15) is 14.9 Å². The molecule has 0 aliphatic rings. The van der Waals surface area contributed by atoms with Gasteiger partial charge in [0.05, 0.1) is 4.92 Å². The number of carbonyl (C=O) groups is 1. The Hall–Kier alpha value is -2.70. The molecular weight excluding hydrogens is 260 g/mol. The van der Waals surface area contributed by atoms with Gasteiger partial charge in [-0.15, -0.1) is 0 Å². The number of nitro groups is 1. The molecule has 1 aromatic carbocycles. The number of hydrogen-bond donors (Lipinski definition) is 2. The maximum absolute atomic E-state index is 12.1. The molecule has 7 nitrogen and oxygen atoms in total. The molecule has 1 amide bonds. The smallest absolute Gasteiger partial charge is 0.272 e. The van der Waals surface area contributed by atoms with Gasteiger partial charge in [-0.1, -0.05) is 0 Å². The van der Waals surface area contributed by atoms with Crippen LogP contribution in [0.2, 0.25) is 0 Å². The van der Waals surface area contributed by atoms with Gasteiger partial charge in [0.25, 0.3) is 11.6 Å². The van der Waals surface area contributed by atoms with Crippen molar-refractivity contribution < 1.29 is 9.72 Å². The van der Waals surface area contributed by atoms with Crippen molar-refractivity contribution in [3.05, 3.63) is 50.7 Å². The van der Waals surface area contributed by atoms with Gasteiger partial charge in [-0.3, -0.25) is 20.0 Å². The van der Waals surface area contributed by atoms with Crippen LogP contribution in [-0.4, -0.2) is 21.0 Å². The third kappa shape index (κ3) is 2.51. The number of benzene rings is 1. The quantitative estimate of drug-likeness (QED) is 0.663. The molecule has 1 aromatic heterocycles. The number of aryl methyl sites for hydroxylation is 2. The highest BCUT2D eigenvalue weighted by Gasteiger charge is 2.15. The number of amides is 1. The SMILES string of the molecule is Cc1cc(C(=O)Nc2n[nH]c(C)c2C)ccc1[N+](=O)[O-]. The molecule has 0 spiro atoms. The summed E-state index contributed by atoms with van der Waals surface area (Å²) in [6.07, 6.45) is 0. The highest BCUT2D eigenvalue weighted by atomic mass is 16.6. The zero-order chi connectivity index (χ0) is 14.9. The van der Waals surface area contributed by atoms with Gasteiger partial charge in [0.1, 0.15) is 0 Å². The van der Waals surface area contributed by atoms with Crippen molar-refractivity contribution in [2.75, 3.05) is 5.32 Å². The number of H-pyrrole nitrogens is 1. The van der Waals surface area contributed by atoms with E-state index >= 15 is 0 Å². The summed E-state index contributed by atoms with van der Waals surface area (Å²) >= 11 is 0. The summed E-state index contributed by atoms with van der Waals surface area (Å²) in [4.78, 5) is 22.3. The van der Waals surface area contributed by atoms with Crippen LogP contribution in [0.25, 0.3) is 0 Å². The highest BCUT2D eigenvalue weighted by Crippen LogP contribution is 2.20. The first-order valence-electron chi connectivity index (χ1n) is 5.98. The van der Waals surface area contributed by atoms with E-state index in [-0.39, 0.29) is 11.6 Å². The summed E-state index contributed by atoms with van der Waals surface area (Å²) in [7, 11) is 0. The molecule has 0 saturated heterocycles. The zero-order valence-corrected chi connectivity index (χ0v) is 11.4. The minimum absolute atomic E-state index is 0.00616. The van der Waals surface area contributed by atoms with Gasteiger partial charge in [0.2, 0.25) is 0 Å². The highest BCUT2D eigenvalue weighted by molar-refractivity contribution is 6.04. The fraction of sp³-hybridized carbons (Fsp3) is 0.231. The van der Waals surface area contributed by atoms with Crippen molar-refractivity contribution >= 4 is 17.4 Å². The number of nitrogens with one attached hydrogen (secondary N) is 2. The molecule has 1 heterocycles. The van der Waals surface area contributed by atoms with Gasteiger partial charge < -0.3 is 5.32 Å². The lowest BCUT2D eigenvalue weighted by Crippen LogP contribution is -2.13. The van der Waals surface area contributed by atoms with E-state index in [4.69, 9.17) is 0 Å². The van der Waals surface area contributed by atoms with E-state index in [0.29, 0.717) is 16.9 Å². The van der Waals surface area contributed by atoms with E-state index in [1.165, 1.54) is 18.2 Å². The third-order valence-electron chi connectivity index (χ3n) is 3.14. The number of rotatable bonds is 3. The van der Waals surface area contributed by atoms with Gasteiger partial charge in [-0.2, -0.15) is 5.10 Å². The Bertz CT molecular complexity index is 691. The molecule has 0 fully saturated rings. The Morgan fingerprint density at radius 1 is 1.35 bits per heavy atom. The Morgan fingerprint density at radius 3 is 2.55 bits per heavy atom. The van der Waals surface area contributed by atoms with Crippen LogP contribution >= 0.6 is 0 Å². The van der Waals surface area contributed by atoms with Crippen LogP contribution in [0.4, 0.5) is 11.5 Å². The number of carbonyl (C=O) groups excluding carboxylic acids is 1. The summed E-state index contributed by atoms with van der Waals surface area (Å²) < 4.78 is 0. The predicted molar refractivity (Wildman–Crippen MR) is 73.8 cm³/mol. The van der Waals surface area contributed by atoms with Gasteiger partial charge in [0, 0.05) is 28.5 Å². The second kappa shape index (κ2) is 5.12. The van der Waals surface area contributed by atoms with E-state index < -0.39 is 4.92 Å². The van der Waals surface area contributed by atoms with E-state index in [1.807, 2.05) is 13.8 Å². The van der Waals surface area contributed by atoms with Gasteiger partial charge >= 0.3 is 0 Å². The van der Waals surface area contributed by atoms with Crippen molar-refractivity contribution in [2.45, 2.75) is 20.8 Å². The summed E-state index contributed by atoms with van der Waals surface area (Å²) in [5.41, 5.74) is 2.52. The van der Waals surface area contributed by atoms with Crippen LogP contribution < -0.4 is 5.32 Å². The Labute approximate surface area is 115 Å². The van der Waals surface area contributed by atoms with E-state index in [0.717, 1.165) is 11.3 Å². The topological polar surface area (TPSA) is 101 Å². The van der Waals surface area contributed by atoms with Crippen LogP contribution in [0, 0.1) is 30.9 Å². The molecule has 0 atom stereocenters. The van der Waals surface area contributed by atoms with Crippen molar-refractivity contribution in [1.82, 2.24) is 10.2 Å². The molecule has 0 radical (unpaired) electrons. The average Bonchev–Trinajstić information content (AvgIpc) is 2.70. The van der Waals surface area contributed by atoms with Crippen molar-refractivity contribution in [3.8, 4) is 0 Å². The Balaban J connectivity index is 2.24. The lowest BCUT2D eigenvalue weighted by Gasteiger charge is -2.04. The van der Waals surface area contributed by atoms with Crippen molar-refractivity contribution in [2.24, 2.45) is 0 Å². The lowest BCUT2D eigenvalue weighted by atomic mass is 10.1. The number of nitrogens with zero attached hydrogens (tertiary/aromatic N) is 2. The number of anilines is 1. The standard InChI is InChI=1S/C13H14N4O3/c1-7-6-10(4-5-11(7)17(19)20)13(18)14-12-8(2)9(3)15-16-12/h4-6H,1-3H3,(H2,14,15,16,18). The minimum atomic E-state index is -0.474. The monoisotopic (exact) mass is 274 g/mol. The van der Waals surface area contributed by atoms with Crippen LogP contribution in [0.1, 0.15) is 27.2 Å². The van der Waals surface area contributed by atoms with Gasteiger partial charge in [-0.25, -0.2) is 0 Å². The minimum Gasteiger partial charge on any atom is -0.305 e. The predicted octanol–water partition coefficient (Wildman–Crippen LogP) is 2.50. The normalized spacial score (nSPS) is 10.3. The number of aromatic nitrogens is 2. The van der Waals surface area contributed by atoms with Crippen LogP contribution in [-0.2, 0) is 0 Å². The summed E-state index contributed by atoms with van der Waals surface area (Å²) in [6, 6.07) is 4.24. The molecule has 104 valence electrons. The molecule has 20 heavy (non-hydrogen) atoms. The molecule has 0 aliphatic carbocycles. The second-order valence-corrected chi connectivity index (χ2v) is 4.53. The molecular formula is C13H14N4O3. The fourth-order valence-corrected chi connectivity index (χ4v) is 1.79. The fourth-order valence-electron chi connectivity index (χ4n) is 1.79. The first-order chi connectivity index (χ1) is 9.40. The molecule has 0 aliphatic heterocycles. The van der Waals surface area contributed by atoms with Crippen LogP contribution in [0.15, 0.2) is 18.2 Å².